The quantitative estimate of drug-likeness (QED) is 0.908. The zero-order chi connectivity index (χ0) is 16.0. The van der Waals surface area contributed by atoms with Crippen LogP contribution in [0.15, 0.2) is 48.8 Å². The Morgan fingerprint density at radius 1 is 1.09 bits per heavy atom. The molecule has 0 aliphatic heterocycles. The summed E-state index contributed by atoms with van der Waals surface area (Å²) in [4.78, 5) is 15.8. The number of carbonyl (C=O) groups excluding carboxylic acids is 1. The van der Waals surface area contributed by atoms with E-state index in [4.69, 9.17) is 4.74 Å². The highest BCUT2D eigenvalue weighted by Gasteiger charge is 2.11. The third-order valence-corrected chi connectivity index (χ3v) is 2.99. The lowest BCUT2D eigenvalue weighted by Crippen LogP contribution is -2.25. The highest BCUT2D eigenvalue weighted by Crippen LogP contribution is 2.18. The number of pyridine rings is 1. The maximum absolute atomic E-state index is 11.9. The van der Waals surface area contributed by atoms with Gasteiger partial charge in [-0.15, -0.1) is 12.4 Å². The van der Waals surface area contributed by atoms with Crippen molar-refractivity contribution in [1.29, 1.82) is 0 Å². The van der Waals surface area contributed by atoms with Gasteiger partial charge in [0.2, 0.25) is 0 Å². The molecule has 0 unspecified atom stereocenters. The number of hydrogen-bond acceptors (Lipinski definition) is 3. The van der Waals surface area contributed by atoms with E-state index < -0.39 is 0 Å². The van der Waals surface area contributed by atoms with Crippen LogP contribution in [0.3, 0.4) is 0 Å². The van der Waals surface area contributed by atoms with Gasteiger partial charge in [-0.2, -0.15) is 0 Å². The van der Waals surface area contributed by atoms with E-state index in [1.807, 2.05) is 45.0 Å². The minimum Gasteiger partial charge on any atom is -0.488 e. The molecule has 1 heterocycles. The van der Waals surface area contributed by atoms with Crippen LogP contribution in [-0.4, -0.2) is 23.0 Å². The van der Waals surface area contributed by atoms with Gasteiger partial charge in [-0.05, 0) is 57.0 Å². The van der Waals surface area contributed by atoms with Gasteiger partial charge in [0.15, 0.2) is 0 Å². The molecule has 1 amide bonds. The number of rotatable bonds is 5. The van der Waals surface area contributed by atoms with Gasteiger partial charge in [-0.25, -0.2) is 0 Å². The summed E-state index contributed by atoms with van der Waals surface area (Å²) < 4.78 is 5.78. The minimum absolute atomic E-state index is 0. The van der Waals surface area contributed by atoms with E-state index in [1.165, 1.54) is 0 Å². The first-order chi connectivity index (χ1) is 10.4. The van der Waals surface area contributed by atoms with E-state index in [-0.39, 0.29) is 23.9 Å². The summed E-state index contributed by atoms with van der Waals surface area (Å²) in [5.74, 6) is 0.784. The lowest BCUT2D eigenvalue weighted by atomic mass is 10.1. The molecule has 0 atom stereocenters. The Bertz CT molecular complexity index is 607. The van der Waals surface area contributed by atoms with Crippen LogP contribution in [-0.2, 0) is 6.42 Å². The molecule has 23 heavy (non-hydrogen) atoms. The molecule has 1 aromatic carbocycles. The largest absolute Gasteiger partial charge is 0.488 e. The van der Waals surface area contributed by atoms with Crippen LogP contribution in [0.5, 0.6) is 5.75 Å². The third kappa shape index (κ3) is 6.70. The Hall–Kier alpha value is -2.07. The van der Waals surface area contributed by atoms with Crippen LogP contribution >= 0.6 is 12.4 Å². The Kier molecular flexibility index (Phi) is 7.04. The Balaban J connectivity index is 0.00000264. The van der Waals surface area contributed by atoms with E-state index >= 15 is 0 Å². The van der Waals surface area contributed by atoms with Crippen molar-refractivity contribution >= 4 is 18.3 Å². The summed E-state index contributed by atoms with van der Waals surface area (Å²) >= 11 is 0. The average molecular weight is 335 g/mol. The van der Waals surface area contributed by atoms with Crippen molar-refractivity contribution < 1.29 is 9.53 Å². The van der Waals surface area contributed by atoms with Gasteiger partial charge in [0.05, 0.1) is 0 Å². The fourth-order valence-corrected chi connectivity index (χ4v) is 2.00. The van der Waals surface area contributed by atoms with Crippen molar-refractivity contribution in [2.24, 2.45) is 0 Å². The Morgan fingerprint density at radius 2 is 1.70 bits per heavy atom. The molecule has 0 fully saturated rings. The predicted molar refractivity (Wildman–Crippen MR) is 94.3 cm³/mol. The Morgan fingerprint density at radius 3 is 2.26 bits per heavy atom. The fraction of sp³-hybridized carbons (Fsp3) is 0.333. The van der Waals surface area contributed by atoms with Crippen molar-refractivity contribution in [3.05, 3.63) is 59.9 Å². The lowest BCUT2D eigenvalue weighted by Gasteiger charge is -2.21. The fourth-order valence-electron chi connectivity index (χ4n) is 2.00. The molecule has 2 rings (SSSR count). The molecule has 5 heteroatoms. The summed E-state index contributed by atoms with van der Waals surface area (Å²) in [5, 5.41) is 2.90. The average Bonchev–Trinajstić information content (AvgIpc) is 2.48. The number of nitrogens with one attached hydrogen (secondary N) is 1. The summed E-state index contributed by atoms with van der Waals surface area (Å²) in [6, 6.07) is 11.4. The number of ether oxygens (including phenoxy) is 1. The van der Waals surface area contributed by atoms with Gasteiger partial charge < -0.3 is 10.1 Å². The SMILES string of the molecule is CC(C)(C)Oc1ccc(CCNC(=O)c2ccncc2)cc1.Cl. The number of nitrogens with zero attached hydrogens (tertiary/aromatic N) is 1. The molecule has 1 aromatic heterocycles. The number of benzene rings is 1. The van der Waals surface area contributed by atoms with Crippen molar-refractivity contribution in [3.63, 3.8) is 0 Å². The van der Waals surface area contributed by atoms with Gasteiger partial charge in [-0.3, -0.25) is 9.78 Å². The molecule has 0 saturated carbocycles. The van der Waals surface area contributed by atoms with Crippen molar-refractivity contribution in [3.8, 4) is 5.75 Å². The molecule has 0 radical (unpaired) electrons. The maximum Gasteiger partial charge on any atom is 0.251 e. The first-order valence-electron chi connectivity index (χ1n) is 7.40. The summed E-state index contributed by atoms with van der Waals surface area (Å²) in [6.07, 6.45) is 4.01. The van der Waals surface area contributed by atoms with E-state index in [0.29, 0.717) is 12.1 Å². The van der Waals surface area contributed by atoms with Crippen LogP contribution in [0.4, 0.5) is 0 Å². The molecule has 4 nitrogen and oxygen atoms in total. The maximum atomic E-state index is 11.9. The molecule has 0 spiro atoms. The van der Waals surface area contributed by atoms with Gasteiger partial charge in [0, 0.05) is 24.5 Å². The molecule has 2 aromatic rings. The number of halogens is 1. The first-order valence-corrected chi connectivity index (χ1v) is 7.40. The smallest absolute Gasteiger partial charge is 0.251 e. The van der Waals surface area contributed by atoms with E-state index in [0.717, 1.165) is 17.7 Å². The zero-order valence-corrected chi connectivity index (χ0v) is 14.5. The molecule has 124 valence electrons. The molecule has 0 aliphatic rings. The topological polar surface area (TPSA) is 51.2 Å². The molecular formula is C18H23ClN2O2. The highest BCUT2D eigenvalue weighted by molar-refractivity contribution is 5.93. The second kappa shape index (κ2) is 8.53. The monoisotopic (exact) mass is 334 g/mol. The molecule has 0 aliphatic carbocycles. The van der Waals surface area contributed by atoms with Crippen molar-refractivity contribution in [1.82, 2.24) is 10.3 Å². The number of carbonyl (C=O) groups is 1. The van der Waals surface area contributed by atoms with Gasteiger partial charge >= 0.3 is 0 Å². The van der Waals surface area contributed by atoms with Crippen molar-refractivity contribution in [2.75, 3.05) is 6.54 Å². The second-order valence-corrected chi connectivity index (χ2v) is 6.10. The minimum atomic E-state index is -0.194. The van der Waals surface area contributed by atoms with Crippen LogP contribution in [0.25, 0.3) is 0 Å². The van der Waals surface area contributed by atoms with Crippen LogP contribution in [0.2, 0.25) is 0 Å². The molecular weight excluding hydrogens is 312 g/mol. The van der Waals surface area contributed by atoms with Crippen LogP contribution < -0.4 is 10.1 Å². The standard InChI is InChI=1S/C18H22N2O2.ClH/c1-18(2,3)22-16-6-4-14(5-7-16)8-13-20-17(21)15-9-11-19-12-10-15;/h4-7,9-12H,8,13H2,1-3H3,(H,20,21);1H. The number of aromatic nitrogens is 1. The van der Waals surface area contributed by atoms with Gasteiger partial charge in [-0.1, -0.05) is 12.1 Å². The Labute approximate surface area is 143 Å². The van der Waals surface area contributed by atoms with Gasteiger partial charge in [0.25, 0.3) is 5.91 Å². The number of hydrogen-bond donors (Lipinski definition) is 1. The lowest BCUT2D eigenvalue weighted by molar-refractivity contribution is 0.0954. The predicted octanol–water partition coefficient (Wildman–Crippen LogP) is 3.65. The normalized spacial score (nSPS) is 10.6. The third-order valence-electron chi connectivity index (χ3n) is 2.99. The second-order valence-electron chi connectivity index (χ2n) is 6.10. The van der Waals surface area contributed by atoms with Gasteiger partial charge in [0.1, 0.15) is 11.4 Å². The summed E-state index contributed by atoms with van der Waals surface area (Å²) in [6.45, 7) is 6.67. The highest BCUT2D eigenvalue weighted by atomic mass is 35.5. The van der Waals surface area contributed by atoms with Crippen LogP contribution in [0.1, 0.15) is 36.7 Å². The number of amides is 1. The summed E-state index contributed by atoms with van der Waals surface area (Å²) in [5.41, 5.74) is 1.60. The molecule has 0 bridgehead atoms. The van der Waals surface area contributed by atoms with Crippen LogP contribution in [0, 0.1) is 0 Å². The van der Waals surface area contributed by atoms with Crippen molar-refractivity contribution in [2.45, 2.75) is 32.8 Å². The van der Waals surface area contributed by atoms with E-state index in [9.17, 15) is 4.79 Å². The zero-order valence-electron chi connectivity index (χ0n) is 13.7. The molecule has 1 N–H and O–H groups in total. The van der Waals surface area contributed by atoms with E-state index in [1.54, 1.807) is 24.5 Å². The molecule has 0 saturated heterocycles. The summed E-state index contributed by atoms with van der Waals surface area (Å²) in [7, 11) is 0. The van der Waals surface area contributed by atoms with E-state index in [2.05, 4.69) is 10.3 Å². The first kappa shape index (κ1) is 19.0.